The number of nitrogens with one attached hydrogen (secondary N) is 2. The van der Waals surface area contributed by atoms with Crippen LogP contribution in [0.5, 0.6) is 0 Å². The number of likely N-dealkylation sites (N-methyl/N-ethyl adjacent to an activating group) is 1. The molecule has 0 aliphatic carbocycles. The zero-order valence-electron chi connectivity index (χ0n) is 9.86. The summed E-state index contributed by atoms with van der Waals surface area (Å²) in [5.41, 5.74) is 0. The van der Waals surface area contributed by atoms with Crippen LogP contribution in [-0.2, 0) is 4.74 Å². The molecule has 0 radical (unpaired) electrons. The van der Waals surface area contributed by atoms with Crippen molar-refractivity contribution < 1.29 is 17.9 Å². The zero-order valence-corrected chi connectivity index (χ0v) is 9.86. The Bertz CT molecular complexity index is 165. The van der Waals surface area contributed by atoms with Gasteiger partial charge in [-0.1, -0.05) is 6.92 Å². The lowest BCUT2D eigenvalue weighted by Crippen LogP contribution is -2.37. The SMILES string of the molecule is CCNCC(C)NCCCOCC(F)(F)F. The lowest BCUT2D eigenvalue weighted by atomic mass is 10.3. The number of rotatable bonds is 9. The van der Waals surface area contributed by atoms with Crippen LogP contribution >= 0.6 is 0 Å². The molecule has 0 aliphatic heterocycles. The normalized spacial score (nSPS) is 14.1. The number of hydrogen-bond donors (Lipinski definition) is 2. The molecular formula is C10H21F3N2O. The highest BCUT2D eigenvalue weighted by molar-refractivity contribution is 4.62. The van der Waals surface area contributed by atoms with Gasteiger partial charge in [0.25, 0.3) is 0 Å². The van der Waals surface area contributed by atoms with Crippen molar-refractivity contribution in [3.63, 3.8) is 0 Å². The van der Waals surface area contributed by atoms with E-state index in [9.17, 15) is 13.2 Å². The number of ether oxygens (including phenoxy) is 1. The topological polar surface area (TPSA) is 33.3 Å². The van der Waals surface area contributed by atoms with Crippen LogP contribution in [-0.4, -0.2) is 45.1 Å². The van der Waals surface area contributed by atoms with E-state index in [-0.39, 0.29) is 6.61 Å². The molecule has 0 saturated carbocycles. The second kappa shape index (κ2) is 8.78. The number of halogens is 3. The lowest BCUT2D eigenvalue weighted by molar-refractivity contribution is -0.173. The van der Waals surface area contributed by atoms with E-state index in [4.69, 9.17) is 0 Å². The lowest BCUT2D eigenvalue weighted by Gasteiger charge is -2.14. The Balaban J connectivity index is 3.20. The van der Waals surface area contributed by atoms with E-state index in [1.54, 1.807) is 0 Å². The third kappa shape index (κ3) is 11.7. The van der Waals surface area contributed by atoms with Crippen molar-refractivity contribution >= 4 is 0 Å². The minimum absolute atomic E-state index is 0.139. The molecule has 1 unspecified atom stereocenters. The molecule has 16 heavy (non-hydrogen) atoms. The molecule has 0 aromatic carbocycles. The van der Waals surface area contributed by atoms with Gasteiger partial charge in [-0.3, -0.25) is 0 Å². The second-order valence-electron chi connectivity index (χ2n) is 3.68. The first-order chi connectivity index (χ1) is 7.45. The molecular weight excluding hydrogens is 221 g/mol. The van der Waals surface area contributed by atoms with Gasteiger partial charge < -0.3 is 15.4 Å². The Kier molecular flexibility index (Phi) is 8.60. The van der Waals surface area contributed by atoms with E-state index in [0.717, 1.165) is 13.1 Å². The van der Waals surface area contributed by atoms with Crippen LogP contribution in [0.2, 0.25) is 0 Å². The highest BCUT2D eigenvalue weighted by Gasteiger charge is 2.27. The Labute approximate surface area is 94.7 Å². The Morgan fingerprint density at radius 3 is 2.56 bits per heavy atom. The largest absolute Gasteiger partial charge is 0.411 e. The molecule has 2 N–H and O–H groups in total. The van der Waals surface area contributed by atoms with Crippen molar-refractivity contribution in [1.82, 2.24) is 10.6 Å². The first kappa shape index (κ1) is 15.7. The summed E-state index contributed by atoms with van der Waals surface area (Å²) in [5, 5.41) is 6.37. The second-order valence-corrected chi connectivity index (χ2v) is 3.68. The van der Waals surface area contributed by atoms with E-state index in [1.165, 1.54) is 0 Å². The minimum atomic E-state index is -4.22. The molecule has 0 aromatic heterocycles. The van der Waals surface area contributed by atoms with Gasteiger partial charge in [-0.2, -0.15) is 13.2 Å². The summed E-state index contributed by atoms with van der Waals surface area (Å²) in [6.45, 7) is 5.49. The fraction of sp³-hybridized carbons (Fsp3) is 1.00. The van der Waals surface area contributed by atoms with Crippen LogP contribution in [0.15, 0.2) is 0 Å². The minimum Gasteiger partial charge on any atom is -0.372 e. The molecule has 0 aliphatic rings. The van der Waals surface area contributed by atoms with Gasteiger partial charge >= 0.3 is 6.18 Å². The van der Waals surface area contributed by atoms with Crippen molar-refractivity contribution in [2.24, 2.45) is 0 Å². The molecule has 0 fully saturated rings. The first-order valence-corrected chi connectivity index (χ1v) is 5.54. The molecule has 3 nitrogen and oxygen atoms in total. The van der Waals surface area contributed by atoms with E-state index >= 15 is 0 Å². The summed E-state index contributed by atoms with van der Waals surface area (Å²) in [6, 6.07) is 0.322. The van der Waals surface area contributed by atoms with Crippen LogP contribution in [0, 0.1) is 0 Å². The third-order valence-electron chi connectivity index (χ3n) is 1.92. The highest BCUT2D eigenvalue weighted by atomic mass is 19.4. The van der Waals surface area contributed by atoms with Crippen LogP contribution in [0.25, 0.3) is 0 Å². The zero-order chi connectivity index (χ0) is 12.4. The smallest absolute Gasteiger partial charge is 0.372 e. The monoisotopic (exact) mass is 242 g/mol. The van der Waals surface area contributed by atoms with Crippen molar-refractivity contribution in [2.45, 2.75) is 32.5 Å². The van der Waals surface area contributed by atoms with Gasteiger partial charge in [0.15, 0.2) is 0 Å². The van der Waals surface area contributed by atoms with Gasteiger partial charge in [0, 0.05) is 19.2 Å². The predicted octanol–water partition coefficient (Wildman–Crippen LogP) is 1.54. The van der Waals surface area contributed by atoms with Crippen molar-refractivity contribution in [3.05, 3.63) is 0 Å². The molecule has 0 heterocycles. The highest BCUT2D eigenvalue weighted by Crippen LogP contribution is 2.14. The van der Waals surface area contributed by atoms with Gasteiger partial charge in [0.1, 0.15) is 6.61 Å². The predicted molar refractivity (Wildman–Crippen MR) is 57.5 cm³/mol. The van der Waals surface area contributed by atoms with Gasteiger partial charge in [-0.05, 0) is 26.4 Å². The summed E-state index contributed by atoms with van der Waals surface area (Å²) in [5.74, 6) is 0. The Morgan fingerprint density at radius 1 is 1.31 bits per heavy atom. The molecule has 0 spiro atoms. The van der Waals surface area contributed by atoms with Gasteiger partial charge in [0.05, 0.1) is 0 Å². The molecule has 98 valence electrons. The molecule has 0 amide bonds. The van der Waals surface area contributed by atoms with Crippen molar-refractivity contribution in [3.8, 4) is 0 Å². The average Bonchev–Trinajstić information content (AvgIpc) is 2.18. The summed E-state index contributed by atoms with van der Waals surface area (Å²) in [7, 11) is 0. The van der Waals surface area contributed by atoms with E-state index < -0.39 is 12.8 Å². The van der Waals surface area contributed by atoms with Gasteiger partial charge in [-0.25, -0.2) is 0 Å². The third-order valence-corrected chi connectivity index (χ3v) is 1.92. The maximum absolute atomic E-state index is 11.7. The van der Waals surface area contributed by atoms with Crippen LogP contribution in [0.1, 0.15) is 20.3 Å². The fourth-order valence-electron chi connectivity index (χ4n) is 1.14. The summed E-state index contributed by atoms with van der Waals surface area (Å²) in [4.78, 5) is 0. The molecule has 0 saturated heterocycles. The standard InChI is InChI=1S/C10H21F3N2O/c1-3-14-7-9(2)15-5-4-6-16-8-10(11,12)13/h9,14-15H,3-8H2,1-2H3. The van der Waals surface area contributed by atoms with Crippen LogP contribution in [0.3, 0.4) is 0 Å². The summed E-state index contributed by atoms with van der Waals surface area (Å²) in [6.07, 6.45) is -3.63. The van der Waals surface area contributed by atoms with Crippen LogP contribution in [0.4, 0.5) is 13.2 Å². The van der Waals surface area contributed by atoms with E-state index in [1.807, 2.05) is 13.8 Å². The maximum Gasteiger partial charge on any atom is 0.411 e. The summed E-state index contributed by atoms with van der Waals surface area (Å²) < 4.78 is 39.5. The van der Waals surface area contributed by atoms with Crippen molar-refractivity contribution in [2.75, 3.05) is 32.8 Å². The quantitative estimate of drug-likeness (QED) is 0.602. The number of hydrogen-bond acceptors (Lipinski definition) is 3. The maximum atomic E-state index is 11.7. The van der Waals surface area contributed by atoms with Crippen LogP contribution < -0.4 is 10.6 Å². The average molecular weight is 242 g/mol. The molecule has 1 atom stereocenters. The van der Waals surface area contributed by atoms with E-state index in [0.29, 0.717) is 19.0 Å². The summed E-state index contributed by atoms with van der Waals surface area (Å²) >= 11 is 0. The Hall–Kier alpha value is -0.330. The molecule has 0 rings (SSSR count). The van der Waals surface area contributed by atoms with Gasteiger partial charge in [-0.15, -0.1) is 0 Å². The first-order valence-electron chi connectivity index (χ1n) is 5.54. The molecule has 6 heteroatoms. The van der Waals surface area contributed by atoms with Crippen molar-refractivity contribution in [1.29, 1.82) is 0 Å². The molecule has 0 aromatic rings. The number of alkyl halides is 3. The fourth-order valence-corrected chi connectivity index (χ4v) is 1.14. The van der Waals surface area contributed by atoms with E-state index in [2.05, 4.69) is 15.4 Å². The Morgan fingerprint density at radius 2 is 2.00 bits per heavy atom. The molecule has 0 bridgehead atoms. The van der Waals surface area contributed by atoms with Gasteiger partial charge in [0.2, 0.25) is 0 Å².